The van der Waals surface area contributed by atoms with Gasteiger partial charge in [0.25, 0.3) is 0 Å². The molecule has 0 aromatic heterocycles. The van der Waals surface area contributed by atoms with Crippen molar-refractivity contribution in [3.8, 4) is 0 Å². The van der Waals surface area contributed by atoms with E-state index >= 15 is 0 Å². The summed E-state index contributed by atoms with van der Waals surface area (Å²) >= 11 is 3.26. The zero-order valence-electron chi connectivity index (χ0n) is 14.3. The second kappa shape index (κ2) is 12.1. The van der Waals surface area contributed by atoms with Crippen LogP contribution >= 0.6 is 28.3 Å². The number of carbonyl (C=O) groups excluding carboxylic acids is 2. The topological polar surface area (TPSA) is 147 Å². The van der Waals surface area contributed by atoms with Crippen molar-refractivity contribution in [1.82, 2.24) is 5.32 Å². The Balaban J connectivity index is 0. The highest BCUT2D eigenvalue weighted by molar-refractivity contribution is 9.10. The Morgan fingerprint density at radius 1 is 1.00 bits per heavy atom. The summed E-state index contributed by atoms with van der Waals surface area (Å²) in [5.74, 6) is -2.60. The van der Waals surface area contributed by atoms with Gasteiger partial charge in [-0.1, -0.05) is 29.8 Å². The van der Waals surface area contributed by atoms with Crippen LogP contribution in [0, 0.1) is 11.8 Å². The summed E-state index contributed by atoms with van der Waals surface area (Å²) in [7, 11) is 0. The van der Waals surface area contributed by atoms with Crippen LogP contribution in [0.3, 0.4) is 0 Å². The highest BCUT2D eigenvalue weighted by atomic mass is 79.9. The molecule has 1 aliphatic rings. The first-order chi connectivity index (χ1) is 11.1. The van der Waals surface area contributed by atoms with Crippen molar-refractivity contribution in [1.29, 1.82) is 0 Å². The summed E-state index contributed by atoms with van der Waals surface area (Å²) in [5, 5.41) is 19.3. The van der Waals surface area contributed by atoms with Crippen LogP contribution in [0.15, 0.2) is 0 Å². The monoisotopic (exact) mass is 444 g/mol. The minimum Gasteiger partial charge on any atom is -0.481 e. The number of imide groups is 1. The predicted molar refractivity (Wildman–Crippen MR) is 97.9 cm³/mol. The molecule has 25 heavy (non-hydrogen) atoms. The summed E-state index contributed by atoms with van der Waals surface area (Å²) in [6.45, 7) is 3.72. The number of primary amides is 1. The predicted octanol–water partition coefficient (Wildman–Crippen LogP) is 2.52. The lowest BCUT2D eigenvalue weighted by molar-refractivity contribution is -0.148. The van der Waals surface area contributed by atoms with Gasteiger partial charge in [-0.15, -0.1) is 12.4 Å². The second-order valence-corrected chi connectivity index (χ2v) is 7.23. The molecule has 0 bridgehead atoms. The summed E-state index contributed by atoms with van der Waals surface area (Å²) in [4.78, 5) is 42.6. The van der Waals surface area contributed by atoms with Crippen LogP contribution in [0.25, 0.3) is 0 Å². The maximum absolute atomic E-state index is 11.3. The largest absolute Gasteiger partial charge is 0.481 e. The van der Waals surface area contributed by atoms with Crippen molar-refractivity contribution < 1.29 is 29.4 Å². The summed E-state index contributed by atoms with van der Waals surface area (Å²) in [6, 6.07) is -0.814. The van der Waals surface area contributed by atoms with E-state index in [1.165, 1.54) is 0 Å². The number of nitrogens with two attached hydrogens (primary N) is 1. The molecule has 0 atom stereocenters. The lowest BCUT2D eigenvalue weighted by Crippen LogP contribution is -2.46. The van der Waals surface area contributed by atoms with Gasteiger partial charge in [-0.2, -0.15) is 0 Å². The average molecular weight is 446 g/mol. The lowest BCUT2D eigenvalue weighted by atomic mass is 9.82. The first kappa shape index (κ1) is 25.9. The van der Waals surface area contributed by atoms with Gasteiger partial charge in [0.2, 0.25) is 5.91 Å². The quantitative estimate of drug-likeness (QED) is 0.478. The fraction of sp³-hybridized carbons (Fsp3) is 0.733. The van der Waals surface area contributed by atoms with Crippen LogP contribution in [0.1, 0.15) is 52.4 Å². The van der Waals surface area contributed by atoms with Crippen molar-refractivity contribution >= 4 is 52.2 Å². The smallest absolute Gasteiger partial charge is 0.318 e. The minimum absolute atomic E-state index is 0. The van der Waals surface area contributed by atoms with Crippen LogP contribution < -0.4 is 11.1 Å². The SMILES string of the molecule is CCC(Br)(CC)C(=O)NC(N)=O.Cl.O=C(O)[C@H]1CC[C@H](C(=O)O)CC1. The number of halogens is 2. The highest BCUT2D eigenvalue weighted by Gasteiger charge is 2.32. The van der Waals surface area contributed by atoms with Crippen molar-refractivity contribution in [2.45, 2.75) is 56.7 Å². The Kier molecular flexibility index (Phi) is 12.5. The Bertz CT molecular complexity index is 455. The van der Waals surface area contributed by atoms with Crippen molar-refractivity contribution in [2.75, 3.05) is 0 Å². The highest BCUT2D eigenvalue weighted by Crippen LogP contribution is 2.28. The van der Waals surface area contributed by atoms with Crippen LogP contribution in [0.5, 0.6) is 0 Å². The Labute approximate surface area is 161 Å². The number of alkyl halides is 1. The number of hydrogen-bond acceptors (Lipinski definition) is 4. The number of urea groups is 1. The number of rotatable bonds is 5. The van der Waals surface area contributed by atoms with Gasteiger partial charge in [0.15, 0.2) is 0 Å². The third kappa shape index (κ3) is 9.06. The molecule has 1 fully saturated rings. The van der Waals surface area contributed by atoms with Gasteiger partial charge in [-0.05, 0) is 38.5 Å². The molecule has 146 valence electrons. The molecule has 1 rings (SSSR count). The molecule has 0 heterocycles. The van der Waals surface area contributed by atoms with Crippen molar-refractivity contribution in [3.05, 3.63) is 0 Å². The molecule has 8 nitrogen and oxygen atoms in total. The average Bonchev–Trinajstić information content (AvgIpc) is 2.54. The van der Waals surface area contributed by atoms with E-state index in [9.17, 15) is 19.2 Å². The first-order valence-corrected chi connectivity index (χ1v) is 8.62. The first-order valence-electron chi connectivity index (χ1n) is 7.82. The molecule has 5 N–H and O–H groups in total. The molecule has 0 unspecified atom stereocenters. The number of amides is 3. The Hall–Kier alpha value is -1.35. The lowest BCUT2D eigenvalue weighted by Gasteiger charge is -2.22. The number of carboxylic acids is 2. The van der Waals surface area contributed by atoms with Crippen molar-refractivity contribution in [3.63, 3.8) is 0 Å². The third-order valence-corrected chi connectivity index (χ3v) is 5.67. The molecule has 1 saturated carbocycles. The molecular weight excluding hydrogens is 420 g/mol. The molecule has 0 aromatic rings. The zero-order chi connectivity index (χ0) is 18.9. The zero-order valence-corrected chi connectivity index (χ0v) is 16.7. The van der Waals surface area contributed by atoms with Crippen molar-refractivity contribution in [2.24, 2.45) is 17.6 Å². The van der Waals surface area contributed by atoms with Crippen LogP contribution in [0.2, 0.25) is 0 Å². The van der Waals surface area contributed by atoms with Gasteiger partial charge in [-0.3, -0.25) is 19.7 Å². The van der Waals surface area contributed by atoms with Crippen LogP contribution in [-0.4, -0.2) is 38.4 Å². The van der Waals surface area contributed by atoms with E-state index in [1.54, 1.807) is 0 Å². The van der Waals surface area contributed by atoms with Gasteiger partial charge in [0, 0.05) is 0 Å². The van der Waals surface area contributed by atoms with Crippen LogP contribution in [0.4, 0.5) is 4.79 Å². The van der Waals surface area contributed by atoms with E-state index < -0.39 is 22.3 Å². The van der Waals surface area contributed by atoms with E-state index in [0.29, 0.717) is 38.5 Å². The fourth-order valence-corrected chi connectivity index (χ4v) is 2.48. The number of carbonyl (C=O) groups is 4. The third-order valence-electron chi connectivity index (χ3n) is 4.19. The van der Waals surface area contributed by atoms with Gasteiger partial charge in [0.05, 0.1) is 11.8 Å². The molecule has 1 aliphatic carbocycles. The van der Waals surface area contributed by atoms with Gasteiger partial charge in [0.1, 0.15) is 4.32 Å². The Morgan fingerprint density at radius 2 is 1.32 bits per heavy atom. The summed E-state index contributed by atoms with van der Waals surface area (Å²) in [5.41, 5.74) is 4.81. The van der Waals surface area contributed by atoms with E-state index in [1.807, 2.05) is 19.2 Å². The Morgan fingerprint density at radius 3 is 1.52 bits per heavy atom. The number of carboxylic acid groups (broad SMARTS) is 2. The van der Waals surface area contributed by atoms with Gasteiger partial charge in [-0.25, -0.2) is 4.79 Å². The molecule has 0 saturated heterocycles. The van der Waals surface area contributed by atoms with Gasteiger partial charge < -0.3 is 15.9 Å². The summed E-state index contributed by atoms with van der Waals surface area (Å²) in [6.07, 6.45) is 3.25. The van der Waals surface area contributed by atoms with E-state index in [2.05, 4.69) is 15.9 Å². The second-order valence-electron chi connectivity index (χ2n) is 5.72. The molecule has 0 aliphatic heterocycles. The maximum atomic E-state index is 11.3. The molecule has 3 amide bonds. The van der Waals surface area contributed by atoms with E-state index in [-0.39, 0.29) is 30.2 Å². The molecule has 0 radical (unpaired) electrons. The molecule has 10 heteroatoms. The van der Waals surface area contributed by atoms with E-state index in [4.69, 9.17) is 15.9 Å². The van der Waals surface area contributed by atoms with Gasteiger partial charge >= 0.3 is 18.0 Å². The molecule has 0 spiro atoms. The standard InChI is InChI=1S/C8H12O4.C7H13BrN2O2.ClH/c9-7(10)5-1-2-6(4-3-5)8(11)12;1-3-7(8,4-2)5(11)10-6(9)12;/h5-6H,1-4H2,(H,9,10)(H,11,12);3-4H2,1-2H3,(H3,9,10,11,12);1H/t5-,6-;;. The minimum atomic E-state index is -0.814. The number of nitrogens with one attached hydrogen (secondary N) is 1. The summed E-state index contributed by atoms with van der Waals surface area (Å²) < 4.78 is -0.665. The normalized spacial score (nSPS) is 19.5. The fourth-order valence-electron chi connectivity index (χ4n) is 2.38. The molecular formula is C15H26BrClN2O6. The van der Waals surface area contributed by atoms with Crippen LogP contribution in [-0.2, 0) is 14.4 Å². The number of aliphatic carboxylic acids is 2. The molecule has 0 aromatic carbocycles. The number of hydrogen-bond donors (Lipinski definition) is 4. The maximum Gasteiger partial charge on any atom is 0.318 e. The van der Waals surface area contributed by atoms with E-state index in [0.717, 1.165) is 0 Å².